The van der Waals surface area contributed by atoms with E-state index in [1.165, 1.54) is 12.1 Å². The van der Waals surface area contributed by atoms with E-state index in [0.717, 1.165) is 31.1 Å². The maximum absolute atomic E-state index is 13.0. The first-order chi connectivity index (χ1) is 7.67. The summed E-state index contributed by atoms with van der Waals surface area (Å²) in [5.41, 5.74) is -0.202. The molecule has 0 amide bonds. The van der Waals surface area contributed by atoms with Gasteiger partial charge in [0.05, 0.1) is 0 Å². The lowest BCUT2D eigenvalue weighted by Gasteiger charge is -2.18. The van der Waals surface area contributed by atoms with Crippen molar-refractivity contribution in [1.29, 1.82) is 0 Å². The fourth-order valence-electron chi connectivity index (χ4n) is 2.45. The maximum Gasteiger partial charge on any atom is 0.136 e. The van der Waals surface area contributed by atoms with E-state index in [0.29, 0.717) is 11.3 Å². The van der Waals surface area contributed by atoms with E-state index in [4.69, 9.17) is 4.42 Å². The van der Waals surface area contributed by atoms with Crippen LogP contribution in [0, 0.1) is 5.82 Å². The molecule has 3 rings (SSSR count). The summed E-state index contributed by atoms with van der Waals surface area (Å²) in [5, 5.41) is 11.1. The number of halogens is 1. The summed E-state index contributed by atoms with van der Waals surface area (Å²) in [6.45, 7) is 0. The summed E-state index contributed by atoms with van der Waals surface area (Å²) in [6, 6.07) is 6.16. The first kappa shape index (κ1) is 9.85. The van der Waals surface area contributed by atoms with E-state index >= 15 is 0 Å². The van der Waals surface area contributed by atoms with Crippen molar-refractivity contribution in [3.05, 3.63) is 35.8 Å². The average Bonchev–Trinajstić information content (AvgIpc) is 2.84. The minimum Gasteiger partial charge on any atom is -0.458 e. The van der Waals surface area contributed by atoms with Crippen LogP contribution in [0.4, 0.5) is 4.39 Å². The second kappa shape index (κ2) is 3.32. The van der Waals surface area contributed by atoms with Gasteiger partial charge in [0.15, 0.2) is 0 Å². The lowest BCUT2D eigenvalue weighted by atomic mass is 9.99. The SMILES string of the molecule is OC1(c2cc3cc(F)ccc3o2)CCCC1. The third-order valence-corrected chi connectivity index (χ3v) is 3.37. The van der Waals surface area contributed by atoms with Crippen molar-refractivity contribution in [1.82, 2.24) is 0 Å². The van der Waals surface area contributed by atoms with E-state index in [1.807, 2.05) is 0 Å². The van der Waals surface area contributed by atoms with Crippen molar-refractivity contribution in [2.75, 3.05) is 0 Å². The van der Waals surface area contributed by atoms with Gasteiger partial charge in [-0.05, 0) is 49.9 Å². The van der Waals surface area contributed by atoms with Crippen LogP contribution in [-0.2, 0) is 5.60 Å². The summed E-state index contributed by atoms with van der Waals surface area (Å²) < 4.78 is 18.6. The molecule has 1 aromatic carbocycles. The molecule has 0 radical (unpaired) electrons. The molecule has 0 bridgehead atoms. The first-order valence-electron chi connectivity index (χ1n) is 5.59. The highest BCUT2D eigenvalue weighted by Crippen LogP contribution is 2.40. The molecule has 3 heteroatoms. The molecule has 0 unspecified atom stereocenters. The molecular formula is C13H13FO2. The van der Waals surface area contributed by atoms with Crippen LogP contribution < -0.4 is 0 Å². The van der Waals surface area contributed by atoms with Crippen LogP contribution in [0.15, 0.2) is 28.7 Å². The van der Waals surface area contributed by atoms with Gasteiger partial charge in [-0.2, -0.15) is 0 Å². The number of benzene rings is 1. The molecule has 1 aliphatic carbocycles. The molecule has 1 heterocycles. The monoisotopic (exact) mass is 220 g/mol. The standard InChI is InChI=1S/C13H13FO2/c14-10-3-4-11-9(7-10)8-12(16-11)13(15)5-1-2-6-13/h3-4,7-8,15H,1-2,5-6H2. The summed E-state index contributed by atoms with van der Waals surface area (Å²) in [7, 11) is 0. The summed E-state index contributed by atoms with van der Waals surface area (Å²) in [4.78, 5) is 0. The maximum atomic E-state index is 13.0. The predicted molar refractivity (Wildman–Crippen MR) is 58.5 cm³/mol. The molecule has 84 valence electrons. The van der Waals surface area contributed by atoms with Gasteiger partial charge >= 0.3 is 0 Å². The van der Waals surface area contributed by atoms with Crippen molar-refractivity contribution in [2.24, 2.45) is 0 Å². The van der Waals surface area contributed by atoms with E-state index in [2.05, 4.69) is 0 Å². The van der Waals surface area contributed by atoms with Crippen LogP contribution in [0.25, 0.3) is 11.0 Å². The second-order valence-corrected chi connectivity index (χ2v) is 4.53. The van der Waals surface area contributed by atoms with Crippen LogP contribution in [0.1, 0.15) is 31.4 Å². The van der Waals surface area contributed by atoms with Crippen LogP contribution >= 0.6 is 0 Å². The number of hydrogen-bond acceptors (Lipinski definition) is 2. The fourth-order valence-corrected chi connectivity index (χ4v) is 2.45. The Balaban J connectivity index is 2.11. The van der Waals surface area contributed by atoms with E-state index in [9.17, 15) is 9.50 Å². The van der Waals surface area contributed by atoms with Crippen LogP contribution in [-0.4, -0.2) is 5.11 Å². The van der Waals surface area contributed by atoms with Crippen molar-refractivity contribution in [3.63, 3.8) is 0 Å². The smallest absolute Gasteiger partial charge is 0.136 e. The minimum atomic E-state index is -0.838. The molecule has 0 saturated heterocycles. The molecule has 16 heavy (non-hydrogen) atoms. The van der Waals surface area contributed by atoms with Gasteiger partial charge in [0.25, 0.3) is 0 Å². The largest absolute Gasteiger partial charge is 0.458 e. The zero-order chi connectivity index (χ0) is 11.2. The Hall–Kier alpha value is -1.35. The molecule has 1 saturated carbocycles. The molecule has 0 aliphatic heterocycles. The molecule has 1 N–H and O–H groups in total. The molecule has 2 nitrogen and oxygen atoms in total. The molecular weight excluding hydrogens is 207 g/mol. The minimum absolute atomic E-state index is 0.279. The molecule has 1 fully saturated rings. The normalized spacial score (nSPS) is 19.4. The number of fused-ring (bicyclic) bond motifs is 1. The van der Waals surface area contributed by atoms with Crippen molar-refractivity contribution >= 4 is 11.0 Å². The van der Waals surface area contributed by atoms with Crippen molar-refractivity contribution in [3.8, 4) is 0 Å². The summed E-state index contributed by atoms with van der Waals surface area (Å²) in [5.74, 6) is 0.295. The number of aliphatic hydroxyl groups is 1. The highest BCUT2D eigenvalue weighted by Gasteiger charge is 2.36. The lowest BCUT2D eigenvalue weighted by molar-refractivity contribution is 0.0235. The van der Waals surface area contributed by atoms with Crippen LogP contribution in [0.2, 0.25) is 0 Å². The molecule has 0 spiro atoms. The summed E-state index contributed by atoms with van der Waals surface area (Å²) >= 11 is 0. The molecule has 1 aliphatic rings. The number of hydrogen-bond donors (Lipinski definition) is 1. The fraction of sp³-hybridized carbons (Fsp3) is 0.385. The summed E-state index contributed by atoms with van der Waals surface area (Å²) in [6.07, 6.45) is 3.49. The van der Waals surface area contributed by atoms with Crippen molar-refractivity contribution in [2.45, 2.75) is 31.3 Å². The first-order valence-corrected chi connectivity index (χ1v) is 5.59. The van der Waals surface area contributed by atoms with E-state index in [-0.39, 0.29) is 5.82 Å². The molecule has 1 aromatic heterocycles. The Morgan fingerprint density at radius 1 is 1.19 bits per heavy atom. The van der Waals surface area contributed by atoms with E-state index in [1.54, 1.807) is 12.1 Å². The average molecular weight is 220 g/mol. The van der Waals surface area contributed by atoms with Gasteiger partial charge in [-0.1, -0.05) is 0 Å². The third-order valence-electron chi connectivity index (χ3n) is 3.37. The Kier molecular flexibility index (Phi) is 2.04. The highest BCUT2D eigenvalue weighted by molar-refractivity contribution is 5.78. The zero-order valence-corrected chi connectivity index (χ0v) is 8.87. The van der Waals surface area contributed by atoms with Gasteiger partial charge in [0.1, 0.15) is 22.8 Å². The van der Waals surface area contributed by atoms with Crippen molar-refractivity contribution < 1.29 is 13.9 Å². The topological polar surface area (TPSA) is 33.4 Å². The quantitative estimate of drug-likeness (QED) is 0.799. The highest BCUT2D eigenvalue weighted by atomic mass is 19.1. The third kappa shape index (κ3) is 1.43. The Morgan fingerprint density at radius 3 is 2.69 bits per heavy atom. The second-order valence-electron chi connectivity index (χ2n) is 4.53. The van der Waals surface area contributed by atoms with Gasteiger partial charge in [0, 0.05) is 5.39 Å². The van der Waals surface area contributed by atoms with E-state index < -0.39 is 5.60 Å². The van der Waals surface area contributed by atoms with Gasteiger partial charge in [-0.3, -0.25) is 0 Å². The number of furan rings is 1. The Labute approximate surface area is 92.7 Å². The molecule has 0 atom stereocenters. The van der Waals surface area contributed by atoms with Gasteiger partial charge in [-0.25, -0.2) is 4.39 Å². The lowest BCUT2D eigenvalue weighted by Crippen LogP contribution is -2.19. The molecule has 2 aromatic rings. The van der Waals surface area contributed by atoms with Crippen LogP contribution in [0.5, 0.6) is 0 Å². The number of rotatable bonds is 1. The predicted octanol–water partition coefficient (Wildman–Crippen LogP) is 3.33. The van der Waals surface area contributed by atoms with Gasteiger partial charge in [0.2, 0.25) is 0 Å². The Bertz CT molecular complexity index is 524. The van der Waals surface area contributed by atoms with Gasteiger partial charge < -0.3 is 9.52 Å². The van der Waals surface area contributed by atoms with Crippen LogP contribution in [0.3, 0.4) is 0 Å². The zero-order valence-electron chi connectivity index (χ0n) is 8.87. The van der Waals surface area contributed by atoms with Gasteiger partial charge in [-0.15, -0.1) is 0 Å². The Morgan fingerprint density at radius 2 is 1.94 bits per heavy atom.